The highest BCUT2D eigenvalue weighted by Crippen LogP contribution is 2.32. The van der Waals surface area contributed by atoms with Crippen molar-refractivity contribution in [3.05, 3.63) is 51.3 Å². The molecule has 0 spiro atoms. The zero-order valence-electron chi connectivity index (χ0n) is 13.2. The van der Waals surface area contributed by atoms with Gasteiger partial charge in [0.15, 0.2) is 0 Å². The SMILES string of the molecule is Cc1cnc(-c2cc(N3CCC(S)=C(N)C3)ncc2Cl)c(C)c1. The lowest BCUT2D eigenvalue weighted by atomic mass is 10.1. The van der Waals surface area contributed by atoms with Gasteiger partial charge in [-0.3, -0.25) is 4.98 Å². The molecule has 4 nitrogen and oxygen atoms in total. The molecule has 0 saturated carbocycles. The minimum Gasteiger partial charge on any atom is -0.400 e. The Kier molecular flexibility index (Phi) is 4.50. The summed E-state index contributed by atoms with van der Waals surface area (Å²) in [5, 5.41) is 0.601. The van der Waals surface area contributed by atoms with Crippen LogP contribution in [0.5, 0.6) is 0 Å². The number of halogens is 1. The summed E-state index contributed by atoms with van der Waals surface area (Å²) >= 11 is 10.8. The fourth-order valence-corrected chi connectivity index (χ4v) is 3.12. The molecule has 0 unspecified atom stereocenters. The van der Waals surface area contributed by atoms with E-state index >= 15 is 0 Å². The van der Waals surface area contributed by atoms with E-state index < -0.39 is 0 Å². The van der Waals surface area contributed by atoms with Crippen molar-refractivity contribution < 1.29 is 0 Å². The van der Waals surface area contributed by atoms with Crippen LogP contribution in [0.25, 0.3) is 11.3 Å². The Morgan fingerprint density at radius 1 is 1.22 bits per heavy atom. The van der Waals surface area contributed by atoms with Crippen LogP contribution in [-0.4, -0.2) is 23.1 Å². The molecular formula is C17H19ClN4S. The molecule has 0 bridgehead atoms. The Balaban J connectivity index is 2.00. The van der Waals surface area contributed by atoms with Gasteiger partial charge in [-0.2, -0.15) is 0 Å². The average Bonchev–Trinajstić information content (AvgIpc) is 2.51. The number of aryl methyl sites for hydroxylation is 2. The van der Waals surface area contributed by atoms with Crippen molar-refractivity contribution in [2.24, 2.45) is 5.73 Å². The summed E-state index contributed by atoms with van der Waals surface area (Å²) in [6, 6.07) is 4.09. The molecule has 0 amide bonds. The molecule has 1 aliphatic heterocycles. The molecular weight excluding hydrogens is 328 g/mol. The van der Waals surface area contributed by atoms with Crippen molar-refractivity contribution in [1.29, 1.82) is 0 Å². The van der Waals surface area contributed by atoms with E-state index in [1.165, 1.54) is 0 Å². The molecule has 2 aromatic heterocycles. The van der Waals surface area contributed by atoms with Crippen LogP contribution < -0.4 is 10.6 Å². The number of anilines is 1. The summed E-state index contributed by atoms with van der Waals surface area (Å²) in [5.74, 6) is 0.856. The van der Waals surface area contributed by atoms with Crippen molar-refractivity contribution in [3.63, 3.8) is 0 Å². The lowest BCUT2D eigenvalue weighted by molar-refractivity contribution is 0.765. The topological polar surface area (TPSA) is 55.0 Å². The summed E-state index contributed by atoms with van der Waals surface area (Å²) in [6.07, 6.45) is 4.37. The molecule has 3 rings (SSSR count). The van der Waals surface area contributed by atoms with Crippen molar-refractivity contribution in [2.75, 3.05) is 18.0 Å². The molecule has 0 aromatic carbocycles. The molecule has 1 aliphatic rings. The first-order valence-corrected chi connectivity index (χ1v) is 8.29. The number of thiol groups is 1. The first-order chi connectivity index (χ1) is 11.0. The Morgan fingerprint density at radius 3 is 2.70 bits per heavy atom. The van der Waals surface area contributed by atoms with Crippen molar-refractivity contribution in [3.8, 4) is 11.3 Å². The maximum Gasteiger partial charge on any atom is 0.129 e. The summed E-state index contributed by atoms with van der Waals surface area (Å²) < 4.78 is 0. The predicted octanol–water partition coefficient (Wildman–Crippen LogP) is 3.72. The number of rotatable bonds is 2. The Labute approximate surface area is 146 Å². The van der Waals surface area contributed by atoms with Gasteiger partial charge < -0.3 is 10.6 Å². The maximum absolute atomic E-state index is 6.37. The predicted molar refractivity (Wildman–Crippen MR) is 99.0 cm³/mol. The number of aromatic nitrogens is 2. The first-order valence-electron chi connectivity index (χ1n) is 7.46. The molecule has 23 heavy (non-hydrogen) atoms. The van der Waals surface area contributed by atoms with Crippen LogP contribution in [0, 0.1) is 13.8 Å². The number of nitrogens with two attached hydrogens (primary N) is 1. The lowest BCUT2D eigenvalue weighted by Gasteiger charge is -2.29. The Bertz CT molecular complexity index is 788. The van der Waals surface area contributed by atoms with Crippen LogP contribution >= 0.6 is 24.2 Å². The van der Waals surface area contributed by atoms with Gasteiger partial charge in [-0.05, 0) is 37.5 Å². The van der Waals surface area contributed by atoms with Crippen LogP contribution in [0.3, 0.4) is 0 Å². The molecule has 3 heterocycles. The van der Waals surface area contributed by atoms with Gasteiger partial charge in [-0.25, -0.2) is 4.98 Å². The van der Waals surface area contributed by atoms with E-state index in [0.717, 1.165) is 51.8 Å². The van der Waals surface area contributed by atoms with Gasteiger partial charge in [-0.1, -0.05) is 17.7 Å². The molecule has 0 fully saturated rings. The van der Waals surface area contributed by atoms with Crippen LogP contribution in [-0.2, 0) is 0 Å². The fourth-order valence-electron chi connectivity index (χ4n) is 2.75. The summed E-state index contributed by atoms with van der Waals surface area (Å²) in [7, 11) is 0. The Morgan fingerprint density at radius 2 is 2.00 bits per heavy atom. The second-order valence-corrected chi connectivity index (χ2v) is 6.79. The normalized spacial score (nSPS) is 15.2. The molecule has 2 N–H and O–H groups in total. The van der Waals surface area contributed by atoms with Crippen LogP contribution in [0.15, 0.2) is 35.1 Å². The van der Waals surface area contributed by atoms with Gasteiger partial charge in [0.25, 0.3) is 0 Å². The molecule has 0 atom stereocenters. The van der Waals surface area contributed by atoms with E-state index in [1.54, 1.807) is 6.20 Å². The van der Waals surface area contributed by atoms with Crippen LogP contribution in [0.2, 0.25) is 5.02 Å². The minimum atomic E-state index is 0.601. The van der Waals surface area contributed by atoms with Crippen molar-refractivity contribution >= 4 is 30.0 Å². The molecule has 0 radical (unpaired) electrons. The highest BCUT2D eigenvalue weighted by atomic mass is 35.5. The zero-order chi connectivity index (χ0) is 16.6. The summed E-state index contributed by atoms with van der Waals surface area (Å²) in [5.41, 5.74) is 10.8. The van der Waals surface area contributed by atoms with E-state index in [2.05, 4.69) is 33.6 Å². The van der Waals surface area contributed by atoms with Crippen LogP contribution in [0.4, 0.5) is 5.82 Å². The lowest BCUT2D eigenvalue weighted by Crippen LogP contribution is -2.34. The van der Waals surface area contributed by atoms with Gasteiger partial charge in [0.2, 0.25) is 0 Å². The van der Waals surface area contributed by atoms with E-state index in [1.807, 2.05) is 26.1 Å². The van der Waals surface area contributed by atoms with Crippen molar-refractivity contribution in [2.45, 2.75) is 20.3 Å². The number of pyridine rings is 2. The Hall–Kier alpha value is -1.72. The van der Waals surface area contributed by atoms with Gasteiger partial charge in [0, 0.05) is 35.1 Å². The van der Waals surface area contributed by atoms with E-state index in [0.29, 0.717) is 11.6 Å². The van der Waals surface area contributed by atoms with E-state index in [-0.39, 0.29) is 0 Å². The first kappa shape index (κ1) is 16.1. The second-order valence-electron chi connectivity index (χ2n) is 5.84. The summed E-state index contributed by atoms with van der Waals surface area (Å²) in [4.78, 5) is 12.1. The smallest absolute Gasteiger partial charge is 0.129 e. The largest absolute Gasteiger partial charge is 0.400 e. The van der Waals surface area contributed by atoms with Crippen LogP contribution in [0.1, 0.15) is 17.5 Å². The molecule has 120 valence electrons. The third-order valence-electron chi connectivity index (χ3n) is 3.99. The monoisotopic (exact) mass is 346 g/mol. The average molecular weight is 347 g/mol. The van der Waals surface area contributed by atoms with Gasteiger partial charge >= 0.3 is 0 Å². The highest BCUT2D eigenvalue weighted by Gasteiger charge is 2.18. The van der Waals surface area contributed by atoms with E-state index in [9.17, 15) is 0 Å². The molecule has 0 saturated heterocycles. The quantitative estimate of drug-likeness (QED) is 0.814. The van der Waals surface area contributed by atoms with Gasteiger partial charge in [0.1, 0.15) is 5.82 Å². The van der Waals surface area contributed by atoms with Gasteiger partial charge in [0.05, 0.1) is 17.3 Å². The highest BCUT2D eigenvalue weighted by molar-refractivity contribution is 7.84. The number of hydrogen-bond donors (Lipinski definition) is 2. The fraction of sp³-hybridized carbons (Fsp3) is 0.294. The molecule has 6 heteroatoms. The minimum absolute atomic E-state index is 0.601. The third-order valence-corrected chi connectivity index (χ3v) is 4.80. The van der Waals surface area contributed by atoms with E-state index in [4.69, 9.17) is 17.3 Å². The maximum atomic E-state index is 6.37. The molecule has 0 aliphatic carbocycles. The summed E-state index contributed by atoms with van der Waals surface area (Å²) in [6.45, 7) is 5.54. The standard InChI is InChI=1S/C17H19ClN4S/c1-10-5-11(2)17(21-7-10)12-6-16(20-8-13(12)18)22-4-3-15(23)14(19)9-22/h5-8,23H,3-4,9,19H2,1-2H3. The molecule has 2 aromatic rings. The third kappa shape index (κ3) is 3.31. The zero-order valence-corrected chi connectivity index (χ0v) is 14.8. The number of nitrogens with zero attached hydrogens (tertiary/aromatic N) is 3. The second kappa shape index (κ2) is 6.42. The number of hydrogen-bond acceptors (Lipinski definition) is 5. The van der Waals surface area contributed by atoms with Gasteiger partial charge in [-0.15, -0.1) is 12.6 Å². The van der Waals surface area contributed by atoms with Crippen molar-refractivity contribution in [1.82, 2.24) is 9.97 Å².